The quantitative estimate of drug-likeness (QED) is 0.352. The van der Waals surface area contributed by atoms with Crippen LogP contribution in [0.2, 0.25) is 36.3 Å². The van der Waals surface area contributed by atoms with Gasteiger partial charge in [0.25, 0.3) is 0 Å². The van der Waals surface area contributed by atoms with Crippen LogP contribution in [-0.2, 0) is 15.3 Å². The molecule has 0 aliphatic carbocycles. The second kappa shape index (κ2) is 8.56. The Morgan fingerprint density at radius 1 is 0.893 bits per heavy atom. The molecule has 0 aliphatic rings. The van der Waals surface area contributed by atoms with E-state index in [0.717, 1.165) is 5.56 Å². The molecule has 0 radical (unpaired) electrons. The third-order valence-corrected chi connectivity index (χ3v) is 15.1. The fourth-order valence-corrected chi connectivity index (χ4v) is 4.39. The van der Waals surface area contributed by atoms with Gasteiger partial charge in [-0.3, -0.25) is 0 Å². The highest BCUT2D eigenvalue weighted by Gasteiger charge is 2.45. The molecule has 1 rings (SSSR count). The Morgan fingerprint density at radius 3 is 1.82 bits per heavy atom. The Balaban J connectivity index is 3.27. The Kier molecular flexibility index (Phi) is 7.55. The zero-order valence-electron chi connectivity index (χ0n) is 19.5. The zero-order valence-corrected chi connectivity index (χ0v) is 21.5. The highest BCUT2D eigenvalue weighted by Crippen LogP contribution is 2.41. The van der Waals surface area contributed by atoms with Gasteiger partial charge in [0.05, 0.1) is 6.26 Å². The van der Waals surface area contributed by atoms with Crippen molar-refractivity contribution in [2.24, 2.45) is 0 Å². The molecule has 3 nitrogen and oxygen atoms in total. The molecule has 5 heteroatoms. The van der Waals surface area contributed by atoms with E-state index in [4.69, 9.17) is 8.85 Å². The van der Waals surface area contributed by atoms with E-state index in [0.29, 0.717) is 6.42 Å². The van der Waals surface area contributed by atoms with Gasteiger partial charge in [0, 0.05) is 6.42 Å². The smallest absolute Gasteiger partial charge is 0.249 e. The lowest BCUT2D eigenvalue weighted by Crippen LogP contribution is -2.49. The summed E-state index contributed by atoms with van der Waals surface area (Å²) < 4.78 is 12.9. The predicted molar refractivity (Wildman–Crippen MR) is 124 cm³/mol. The van der Waals surface area contributed by atoms with Crippen molar-refractivity contribution in [3.8, 4) is 6.07 Å². The van der Waals surface area contributed by atoms with E-state index < -0.39 is 22.2 Å². The molecule has 156 valence electrons. The maximum absolute atomic E-state index is 10.2. The first-order chi connectivity index (χ1) is 12.6. The van der Waals surface area contributed by atoms with Crippen LogP contribution >= 0.6 is 0 Å². The molecular weight excluding hydrogens is 378 g/mol. The van der Waals surface area contributed by atoms with Crippen molar-refractivity contribution in [1.82, 2.24) is 0 Å². The van der Waals surface area contributed by atoms with Crippen LogP contribution in [0.4, 0.5) is 0 Å². The fourth-order valence-electron chi connectivity index (χ4n) is 2.23. The van der Waals surface area contributed by atoms with Crippen LogP contribution in [-0.4, -0.2) is 22.2 Å². The van der Waals surface area contributed by atoms with Gasteiger partial charge in [-0.05, 0) is 47.9 Å². The van der Waals surface area contributed by atoms with E-state index in [9.17, 15) is 5.26 Å². The molecule has 0 saturated carbocycles. The van der Waals surface area contributed by atoms with E-state index in [2.05, 4.69) is 73.8 Å². The molecule has 1 atom stereocenters. The summed E-state index contributed by atoms with van der Waals surface area (Å²) in [6.45, 7) is 22.0. The first-order valence-electron chi connectivity index (χ1n) is 10.1. The molecule has 1 aromatic rings. The topological polar surface area (TPSA) is 42.2 Å². The van der Waals surface area contributed by atoms with E-state index in [-0.39, 0.29) is 10.1 Å². The monoisotopic (exact) mass is 417 g/mol. The van der Waals surface area contributed by atoms with Crippen LogP contribution in [0, 0.1) is 11.3 Å². The van der Waals surface area contributed by atoms with Crippen molar-refractivity contribution in [1.29, 1.82) is 5.26 Å². The average molecular weight is 418 g/mol. The van der Waals surface area contributed by atoms with Gasteiger partial charge in [-0.2, -0.15) is 5.26 Å². The maximum atomic E-state index is 10.2. The minimum atomic E-state index is -2.17. The highest BCUT2D eigenvalue weighted by molar-refractivity contribution is 6.74. The summed E-state index contributed by atoms with van der Waals surface area (Å²) in [7, 11) is -4.11. The molecule has 0 spiro atoms. The molecule has 0 saturated heterocycles. The van der Waals surface area contributed by atoms with Gasteiger partial charge >= 0.3 is 0 Å². The van der Waals surface area contributed by atoms with Crippen molar-refractivity contribution < 1.29 is 8.85 Å². The fraction of sp³-hybridized carbons (Fsp3) is 0.609. The number of hydrogen-bond donors (Lipinski definition) is 0. The van der Waals surface area contributed by atoms with Gasteiger partial charge in [0.1, 0.15) is 6.07 Å². The van der Waals surface area contributed by atoms with Gasteiger partial charge < -0.3 is 8.85 Å². The van der Waals surface area contributed by atoms with Crippen molar-refractivity contribution in [3.05, 3.63) is 48.2 Å². The minimum Gasteiger partial charge on any atom is -0.549 e. The molecule has 0 fully saturated rings. The Morgan fingerprint density at radius 2 is 1.39 bits per heavy atom. The van der Waals surface area contributed by atoms with Gasteiger partial charge in [-0.15, -0.1) is 0 Å². The second-order valence-electron chi connectivity index (χ2n) is 10.7. The molecular formula is C23H39NO2Si2. The van der Waals surface area contributed by atoms with Gasteiger partial charge in [0.15, 0.2) is 13.9 Å². The van der Waals surface area contributed by atoms with Crippen LogP contribution in [0.1, 0.15) is 47.1 Å². The summed E-state index contributed by atoms with van der Waals surface area (Å²) in [4.78, 5) is 0. The van der Waals surface area contributed by atoms with E-state index in [1.54, 1.807) is 6.26 Å². The number of benzene rings is 1. The Bertz CT molecular complexity index is 707. The summed E-state index contributed by atoms with van der Waals surface area (Å²) in [6, 6.07) is 12.6. The van der Waals surface area contributed by atoms with Crippen LogP contribution in [0.3, 0.4) is 0 Å². The first kappa shape index (κ1) is 24.7. The average Bonchev–Trinajstić information content (AvgIpc) is 2.53. The number of rotatable bonds is 7. The SMILES string of the molecule is CC(C)(C)[Si](C)(C)O/C=C\[C@](C#N)(Cc1ccccc1)O[Si](C)(C)C(C)(C)C. The van der Waals surface area contributed by atoms with Gasteiger partial charge in [0.2, 0.25) is 8.32 Å². The summed E-state index contributed by atoms with van der Waals surface area (Å²) >= 11 is 0. The number of nitrogens with zero attached hydrogens (tertiary/aromatic N) is 1. The summed E-state index contributed by atoms with van der Waals surface area (Å²) in [5.74, 6) is 0. The molecule has 0 aromatic heterocycles. The summed E-state index contributed by atoms with van der Waals surface area (Å²) in [6.07, 6.45) is 4.09. The Labute approximate surface area is 175 Å². The number of hydrogen-bond acceptors (Lipinski definition) is 3. The normalized spacial score (nSPS) is 15.9. The lowest BCUT2D eigenvalue weighted by Gasteiger charge is -2.42. The molecule has 0 amide bonds. The van der Waals surface area contributed by atoms with Gasteiger partial charge in [-0.25, -0.2) is 0 Å². The number of nitriles is 1. The van der Waals surface area contributed by atoms with E-state index >= 15 is 0 Å². The van der Waals surface area contributed by atoms with Crippen LogP contribution in [0.15, 0.2) is 42.7 Å². The molecule has 0 aliphatic heterocycles. The highest BCUT2D eigenvalue weighted by atomic mass is 28.4. The second-order valence-corrected chi connectivity index (χ2v) is 20.2. The lowest BCUT2D eigenvalue weighted by atomic mass is 9.96. The third-order valence-electron chi connectivity index (χ3n) is 6.25. The standard InChI is InChI=1S/C23H39NO2Si2/c1-21(2,3)27(7,8)25-17-16-23(19-24,18-20-14-12-11-13-15-20)26-28(9,10)22(4,5)6/h11-17H,18H2,1-10H3/b17-16-/t23-/m1/s1. The van der Waals surface area contributed by atoms with E-state index in [1.807, 2.05) is 36.4 Å². The summed E-state index contributed by atoms with van der Waals surface area (Å²) in [5.41, 5.74) is 0.0481. The predicted octanol–water partition coefficient (Wildman–Crippen LogP) is 7.05. The third kappa shape index (κ3) is 6.33. The largest absolute Gasteiger partial charge is 0.549 e. The maximum Gasteiger partial charge on any atom is 0.249 e. The molecule has 0 bridgehead atoms. The Hall–Kier alpha value is -1.36. The minimum absolute atomic E-state index is 0.0138. The molecule has 0 heterocycles. The van der Waals surface area contributed by atoms with Crippen molar-refractivity contribution in [3.63, 3.8) is 0 Å². The lowest BCUT2D eigenvalue weighted by molar-refractivity contribution is 0.156. The first-order valence-corrected chi connectivity index (χ1v) is 15.9. The molecule has 0 N–H and O–H groups in total. The van der Waals surface area contributed by atoms with E-state index in [1.165, 1.54) is 0 Å². The summed E-state index contributed by atoms with van der Waals surface area (Å²) in [5, 5.41) is 10.3. The zero-order chi connectivity index (χ0) is 21.9. The molecule has 1 aromatic carbocycles. The molecule has 28 heavy (non-hydrogen) atoms. The van der Waals surface area contributed by atoms with Crippen LogP contribution < -0.4 is 0 Å². The van der Waals surface area contributed by atoms with Crippen molar-refractivity contribution in [2.45, 2.75) is 89.8 Å². The van der Waals surface area contributed by atoms with Crippen molar-refractivity contribution in [2.75, 3.05) is 0 Å². The van der Waals surface area contributed by atoms with Gasteiger partial charge in [-0.1, -0.05) is 71.9 Å². The van der Waals surface area contributed by atoms with Crippen molar-refractivity contribution >= 4 is 16.6 Å². The van der Waals surface area contributed by atoms with Crippen LogP contribution in [0.5, 0.6) is 0 Å². The molecule has 0 unspecified atom stereocenters. The van der Waals surface area contributed by atoms with Crippen LogP contribution in [0.25, 0.3) is 0 Å².